The van der Waals surface area contributed by atoms with Crippen molar-refractivity contribution in [3.05, 3.63) is 32.4 Å². The van der Waals surface area contributed by atoms with Crippen LogP contribution in [0.1, 0.15) is 18.1 Å². The van der Waals surface area contributed by atoms with Gasteiger partial charge in [0.25, 0.3) is 0 Å². The summed E-state index contributed by atoms with van der Waals surface area (Å²) < 4.78 is 4.56. The Morgan fingerprint density at radius 2 is 2.25 bits per heavy atom. The quantitative estimate of drug-likeness (QED) is 0.797. The van der Waals surface area contributed by atoms with Gasteiger partial charge in [0, 0.05) is 31.8 Å². The fourth-order valence-corrected chi connectivity index (χ4v) is 2.66. The number of nitrogens with zero attached hydrogens (tertiary/aromatic N) is 4. The highest BCUT2D eigenvalue weighted by Crippen LogP contribution is 2.23. The third-order valence-corrected chi connectivity index (χ3v) is 3.75. The average molecular weight is 351 g/mol. The smallest absolute Gasteiger partial charge is 0.131 e. The Morgan fingerprint density at radius 3 is 2.75 bits per heavy atom. The standard InChI is InChI=1S/C10H12ClIN4/c1-3-16-6-7(5-13-16)4-8-9(11)15(2)14-10(8)12/h5-6H,3-4H2,1-2H3. The van der Waals surface area contributed by atoms with E-state index < -0.39 is 0 Å². The van der Waals surface area contributed by atoms with Gasteiger partial charge in [-0.3, -0.25) is 9.36 Å². The molecule has 0 fully saturated rings. The average Bonchev–Trinajstić information content (AvgIpc) is 2.80. The summed E-state index contributed by atoms with van der Waals surface area (Å²) in [6.07, 6.45) is 4.70. The molecule has 16 heavy (non-hydrogen) atoms. The van der Waals surface area contributed by atoms with Crippen LogP contribution in [-0.4, -0.2) is 19.6 Å². The molecule has 2 aromatic rings. The van der Waals surface area contributed by atoms with Crippen molar-refractivity contribution >= 4 is 34.2 Å². The van der Waals surface area contributed by atoms with Crippen LogP contribution in [0.25, 0.3) is 0 Å². The van der Waals surface area contributed by atoms with Crippen LogP contribution < -0.4 is 0 Å². The fraction of sp³-hybridized carbons (Fsp3) is 0.400. The number of rotatable bonds is 3. The Kier molecular flexibility index (Phi) is 3.53. The molecule has 0 spiro atoms. The molecule has 0 radical (unpaired) electrons. The lowest BCUT2D eigenvalue weighted by Gasteiger charge is -1.97. The Balaban J connectivity index is 2.26. The Hall–Kier alpha value is -0.560. The van der Waals surface area contributed by atoms with Gasteiger partial charge in [0.2, 0.25) is 0 Å². The van der Waals surface area contributed by atoms with Crippen molar-refractivity contribution in [2.75, 3.05) is 0 Å². The lowest BCUT2D eigenvalue weighted by atomic mass is 10.2. The molecule has 2 heterocycles. The van der Waals surface area contributed by atoms with Gasteiger partial charge < -0.3 is 0 Å². The minimum Gasteiger partial charge on any atom is -0.273 e. The Morgan fingerprint density at radius 1 is 1.50 bits per heavy atom. The first-order chi connectivity index (χ1) is 7.61. The molecule has 2 aromatic heterocycles. The SMILES string of the molecule is CCn1cc(Cc2c(I)nn(C)c2Cl)cn1. The lowest BCUT2D eigenvalue weighted by molar-refractivity contribution is 0.659. The molecular weight excluding hydrogens is 338 g/mol. The van der Waals surface area contributed by atoms with Gasteiger partial charge in [0.15, 0.2) is 0 Å². The summed E-state index contributed by atoms with van der Waals surface area (Å²) >= 11 is 8.38. The summed E-state index contributed by atoms with van der Waals surface area (Å²) in [5.74, 6) is 0. The van der Waals surface area contributed by atoms with Crippen molar-refractivity contribution in [2.24, 2.45) is 7.05 Å². The molecular formula is C10H12ClIN4. The summed E-state index contributed by atoms with van der Waals surface area (Å²) in [6, 6.07) is 0. The van der Waals surface area contributed by atoms with Gasteiger partial charge in [0.05, 0.1) is 6.20 Å². The van der Waals surface area contributed by atoms with Crippen LogP contribution in [0, 0.1) is 3.70 Å². The van der Waals surface area contributed by atoms with Crippen molar-refractivity contribution in [3.63, 3.8) is 0 Å². The summed E-state index contributed by atoms with van der Waals surface area (Å²) in [5.41, 5.74) is 2.23. The first kappa shape index (κ1) is 11.9. The Bertz CT molecular complexity index is 503. The van der Waals surface area contributed by atoms with E-state index in [1.54, 1.807) is 4.68 Å². The van der Waals surface area contributed by atoms with Crippen LogP contribution in [0.3, 0.4) is 0 Å². The lowest BCUT2D eigenvalue weighted by Crippen LogP contribution is -1.93. The molecule has 6 heteroatoms. The summed E-state index contributed by atoms with van der Waals surface area (Å²) in [5, 5.41) is 9.22. The van der Waals surface area contributed by atoms with Crippen molar-refractivity contribution < 1.29 is 0 Å². The number of halogens is 2. The molecule has 0 atom stereocenters. The maximum atomic E-state index is 6.17. The van der Waals surface area contributed by atoms with Crippen LogP contribution in [-0.2, 0) is 20.0 Å². The maximum absolute atomic E-state index is 6.17. The number of aryl methyl sites for hydroxylation is 2. The third kappa shape index (κ3) is 2.24. The number of hydrogen-bond acceptors (Lipinski definition) is 2. The summed E-state index contributed by atoms with van der Waals surface area (Å²) in [6.45, 7) is 2.95. The van der Waals surface area contributed by atoms with Gasteiger partial charge in [-0.2, -0.15) is 10.2 Å². The molecule has 0 saturated carbocycles. The van der Waals surface area contributed by atoms with E-state index in [2.05, 4.69) is 39.7 Å². The molecule has 0 aliphatic carbocycles. The van der Waals surface area contributed by atoms with E-state index in [0.717, 1.165) is 27.8 Å². The molecule has 0 saturated heterocycles. The van der Waals surface area contributed by atoms with Crippen LogP contribution >= 0.6 is 34.2 Å². The Labute approximate surface area is 113 Å². The van der Waals surface area contributed by atoms with E-state index in [1.165, 1.54) is 0 Å². The van der Waals surface area contributed by atoms with Gasteiger partial charge in [-0.25, -0.2) is 0 Å². The van der Waals surface area contributed by atoms with E-state index in [0.29, 0.717) is 5.15 Å². The van der Waals surface area contributed by atoms with E-state index in [9.17, 15) is 0 Å². The zero-order valence-corrected chi connectivity index (χ0v) is 12.0. The highest BCUT2D eigenvalue weighted by molar-refractivity contribution is 14.1. The molecule has 0 bridgehead atoms. The molecule has 2 rings (SSSR count). The first-order valence-corrected chi connectivity index (χ1v) is 6.45. The van der Waals surface area contributed by atoms with Crippen LogP contribution in [0.4, 0.5) is 0 Å². The van der Waals surface area contributed by atoms with Crippen molar-refractivity contribution in [3.8, 4) is 0 Å². The molecule has 0 aliphatic rings. The zero-order chi connectivity index (χ0) is 11.7. The molecule has 0 aromatic carbocycles. The molecule has 0 aliphatic heterocycles. The predicted octanol–water partition coefficient (Wildman–Crippen LogP) is 2.49. The third-order valence-electron chi connectivity index (χ3n) is 2.41. The second-order valence-corrected chi connectivity index (χ2v) is 4.94. The largest absolute Gasteiger partial charge is 0.273 e. The predicted molar refractivity (Wildman–Crippen MR) is 71.6 cm³/mol. The molecule has 0 unspecified atom stereocenters. The van der Waals surface area contributed by atoms with Crippen LogP contribution in [0.5, 0.6) is 0 Å². The summed E-state index contributed by atoms with van der Waals surface area (Å²) in [7, 11) is 1.85. The van der Waals surface area contributed by atoms with Gasteiger partial charge in [-0.05, 0) is 35.1 Å². The topological polar surface area (TPSA) is 35.6 Å². The van der Waals surface area contributed by atoms with E-state index in [-0.39, 0.29) is 0 Å². The van der Waals surface area contributed by atoms with E-state index in [4.69, 9.17) is 11.6 Å². The molecule has 0 amide bonds. The van der Waals surface area contributed by atoms with E-state index >= 15 is 0 Å². The number of hydrogen-bond donors (Lipinski definition) is 0. The molecule has 4 nitrogen and oxygen atoms in total. The van der Waals surface area contributed by atoms with Gasteiger partial charge in [-0.15, -0.1) is 0 Å². The monoisotopic (exact) mass is 350 g/mol. The second-order valence-electron chi connectivity index (χ2n) is 3.56. The zero-order valence-electron chi connectivity index (χ0n) is 9.11. The summed E-state index contributed by atoms with van der Waals surface area (Å²) in [4.78, 5) is 0. The van der Waals surface area contributed by atoms with Gasteiger partial charge in [-0.1, -0.05) is 11.6 Å². The maximum Gasteiger partial charge on any atom is 0.131 e. The second kappa shape index (κ2) is 4.75. The highest BCUT2D eigenvalue weighted by Gasteiger charge is 2.13. The number of aromatic nitrogens is 4. The minimum atomic E-state index is 0.702. The minimum absolute atomic E-state index is 0.702. The van der Waals surface area contributed by atoms with Crippen molar-refractivity contribution in [2.45, 2.75) is 19.9 Å². The van der Waals surface area contributed by atoms with Crippen LogP contribution in [0.15, 0.2) is 12.4 Å². The fourth-order valence-electron chi connectivity index (χ4n) is 1.54. The molecule has 86 valence electrons. The van der Waals surface area contributed by atoms with Crippen LogP contribution in [0.2, 0.25) is 5.15 Å². The van der Waals surface area contributed by atoms with Crippen molar-refractivity contribution in [1.82, 2.24) is 19.6 Å². The molecule has 0 N–H and O–H groups in total. The van der Waals surface area contributed by atoms with E-state index in [1.807, 2.05) is 24.1 Å². The van der Waals surface area contributed by atoms with Gasteiger partial charge >= 0.3 is 0 Å². The highest BCUT2D eigenvalue weighted by atomic mass is 127. The van der Waals surface area contributed by atoms with Gasteiger partial charge in [0.1, 0.15) is 8.85 Å². The normalized spacial score (nSPS) is 11.0. The first-order valence-electron chi connectivity index (χ1n) is 5.00. The van der Waals surface area contributed by atoms with Crippen molar-refractivity contribution in [1.29, 1.82) is 0 Å².